The molecule has 0 radical (unpaired) electrons. The molecule has 0 aliphatic rings. The molecule has 1 rings (SSSR count). The van der Waals surface area contributed by atoms with E-state index < -0.39 is 5.82 Å². The summed E-state index contributed by atoms with van der Waals surface area (Å²) < 4.78 is 18.3. The van der Waals surface area contributed by atoms with Gasteiger partial charge in [0.15, 0.2) is 24.1 Å². The zero-order valence-electron chi connectivity index (χ0n) is 7.62. The summed E-state index contributed by atoms with van der Waals surface area (Å²) in [6, 6.07) is 2.68. The highest BCUT2D eigenvalue weighted by molar-refractivity contribution is 5.91. The lowest BCUT2D eigenvalue weighted by atomic mass is 10.1. The van der Waals surface area contributed by atoms with Crippen molar-refractivity contribution in [3.63, 3.8) is 0 Å². The maximum atomic E-state index is 13.4. The van der Waals surface area contributed by atoms with Crippen LogP contribution in [0.2, 0.25) is 0 Å². The van der Waals surface area contributed by atoms with E-state index in [1.807, 2.05) is 0 Å². The monoisotopic (exact) mass is 196 g/mol. The molecule has 14 heavy (non-hydrogen) atoms. The Bertz CT molecular complexity index is 361. The minimum absolute atomic E-state index is 0.0137. The Hall–Kier alpha value is -1.71. The molecule has 0 atom stereocenters. The van der Waals surface area contributed by atoms with Crippen LogP contribution in [-0.2, 0) is 0 Å². The summed E-state index contributed by atoms with van der Waals surface area (Å²) in [6.07, 6.45) is 0.740. The van der Waals surface area contributed by atoms with Crippen molar-refractivity contribution in [2.45, 2.75) is 6.92 Å². The van der Waals surface area contributed by atoms with Gasteiger partial charge in [-0.15, -0.1) is 0 Å². The van der Waals surface area contributed by atoms with Crippen molar-refractivity contribution in [3.8, 4) is 5.75 Å². The Labute approximate surface area is 80.5 Å². The first-order valence-corrected chi connectivity index (χ1v) is 4.10. The summed E-state index contributed by atoms with van der Waals surface area (Å²) in [4.78, 5) is 21.0. The van der Waals surface area contributed by atoms with E-state index in [-0.39, 0.29) is 16.9 Å². The predicted molar refractivity (Wildman–Crippen MR) is 48.3 cm³/mol. The van der Waals surface area contributed by atoms with E-state index in [0.29, 0.717) is 19.2 Å². The molecule has 0 saturated carbocycles. The molecule has 0 aliphatic carbocycles. The predicted octanol–water partition coefficient (Wildman–Crippen LogP) is 1.85. The van der Waals surface area contributed by atoms with E-state index in [4.69, 9.17) is 4.74 Å². The van der Waals surface area contributed by atoms with Crippen LogP contribution in [0.5, 0.6) is 5.75 Å². The number of halogens is 1. The molecule has 74 valence electrons. The van der Waals surface area contributed by atoms with Crippen molar-refractivity contribution >= 4 is 12.6 Å². The highest BCUT2D eigenvalue weighted by Crippen LogP contribution is 2.21. The van der Waals surface area contributed by atoms with E-state index in [0.717, 1.165) is 0 Å². The number of aldehydes is 2. The molecule has 0 N–H and O–H groups in total. The van der Waals surface area contributed by atoms with Crippen molar-refractivity contribution < 1.29 is 18.7 Å². The standard InChI is InChI=1S/C10H9FO3/c1-2-14-9-4-3-7(5-12)8(6-13)10(9)11/h3-6H,2H2,1H3. The number of benzene rings is 1. The molecule has 4 heteroatoms. The SMILES string of the molecule is CCOc1ccc(C=O)c(C=O)c1F. The van der Waals surface area contributed by atoms with Crippen LogP contribution in [0, 0.1) is 5.82 Å². The molecular weight excluding hydrogens is 187 g/mol. The van der Waals surface area contributed by atoms with E-state index in [9.17, 15) is 14.0 Å². The van der Waals surface area contributed by atoms with Crippen LogP contribution in [0.25, 0.3) is 0 Å². The van der Waals surface area contributed by atoms with Crippen molar-refractivity contribution in [3.05, 3.63) is 29.1 Å². The van der Waals surface area contributed by atoms with E-state index in [1.165, 1.54) is 12.1 Å². The smallest absolute Gasteiger partial charge is 0.176 e. The zero-order chi connectivity index (χ0) is 10.6. The number of rotatable bonds is 4. The topological polar surface area (TPSA) is 43.4 Å². The summed E-state index contributed by atoms with van der Waals surface area (Å²) in [5, 5.41) is 0. The second-order valence-electron chi connectivity index (χ2n) is 2.55. The molecule has 1 aromatic carbocycles. The number of carbonyl (C=O) groups excluding carboxylic acids is 2. The van der Waals surface area contributed by atoms with Gasteiger partial charge in [0.1, 0.15) is 0 Å². The largest absolute Gasteiger partial charge is 0.491 e. The molecule has 3 nitrogen and oxygen atoms in total. The average molecular weight is 196 g/mol. The fraction of sp³-hybridized carbons (Fsp3) is 0.200. The summed E-state index contributed by atoms with van der Waals surface area (Å²) in [5.74, 6) is -0.799. The van der Waals surface area contributed by atoms with Crippen LogP contribution in [0.3, 0.4) is 0 Å². The fourth-order valence-corrected chi connectivity index (χ4v) is 1.08. The van der Waals surface area contributed by atoms with Gasteiger partial charge in [-0.3, -0.25) is 9.59 Å². The van der Waals surface area contributed by atoms with Gasteiger partial charge in [-0.2, -0.15) is 0 Å². The van der Waals surface area contributed by atoms with Gasteiger partial charge in [-0.05, 0) is 19.1 Å². The van der Waals surface area contributed by atoms with Crippen LogP contribution in [-0.4, -0.2) is 19.2 Å². The van der Waals surface area contributed by atoms with Gasteiger partial charge in [0, 0.05) is 5.56 Å². The van der Waals surface area contributed by atoms with Gasteiger partial charge in [0.2, 0.25) is 0 Å². The first kappa shape index (κ1) is 10.4. The van der Waals surface area contributed by atoms with Gasteiger partial charge in [-0.25, -0.2) is 4.39 Å². The lowest BCUT2D eigenvalue weighted by Crippen LogP contribution is -2.01. The third kappa shape index (κ3) is 1.79. The first-order valence-electron chi connectivity index (χ1n) is 4.10. The lowest BCUT2D eigenvalue weighted by molar-refractivity contribution is 0.109. The minimum atomic E-state index is -0.786. The summed E-state index contributed by atoms with van der Waals surface area (Å²) >= 11 is 0. The maximum Gasteiger partial charge on any atom is 0.176 e. The van der Waals surface area contributed by atoms with Crippen molar-refractivity contribution in [2.75, 3.05) is 6.61 Å². The van der Waals surface area contributed by atoms with Gasteiger partial charge in [0.05, 0.1) is 12.2 Å². The van der Waals surface area contributed by atoms with Gasteiger partial charge in [0.25, 0.3) is 0 Å². The van der Waals surface area contributed by atoms with Crippen molar-refractivity contribution in [1.29, 1.82) is 0 Å². The van der Waals surface area contributed by atoms with Crippen LogP contribution in [0.15, 0.2) is 12.1 Å². The molecule has 0 aliphatic heterocycles. The number of ether oxygens (including phenoxy) is 1. The molecule has 0 fully saturated rings. The zero-order valence-corrected chi connectivity index (χ0v) is 7.62. The Morgan fingerprint density at radius 2 is 2.07 bits per heavy atom. The normalized spacial score (nSPS) is 9.57. The third-order valence-electron chi connectivity index (χ3n) is 1.72. The first-order chi connectivity index (χ1) is 6.74. The third-order valence-corrected chi connectivity index (χ3v) is 1.72. The van der Waals surface area contributed by atoms with Crippen LogP contribution in [0.4, 0.5) is 4.39 Å². The molecular formula is C10H9FO3. The van der Waals surface area contributed by atoms with Gasteiger partial charge >= 0.3 is 0 Å². The second kappa shape index (κ2) is 4.50. The Morgan fingerprint density at radius 1 is 1.36 bits per heavy atom. The molecule has 0 bridgehead atoms. The maximum absolute atomic E-state index is 13.4. The van der Waals surface area contributed by atoms with Gasteiger partial charge in [-0.1, -0.05) is 0 Å². The second-order valence-corrected chi connectivity index (χ2v) is 2.55. The molecule has 0 unspecified atom stereocenters. The highest BCUT2D eigenvalue weighted by Gasteiger charge is 2.12. The quantitative estimate of drug-likeness (QED) is 0.690. The summed E-state index contributed by atoms with van der Waals surface area (Å²) in [7, 11) is 0. The van der Waals surface area contributed by atoms with E-state index >= 15 is 0 Å². The van der Waals surface area contributed by atoms with Crippen molar-refractivity contribution in [2.24, 2.45) is 0 Å². The Kier molecular flexibility index (Phi) is 3.34. The van der Waals surface area contributed by atoms with Crippen LogP contribution >= 0.6 is 0 Å². The lowest BCUT2D eigenvalue weighted by Gasteiger charge is -2.06. The van der Waals surface area contributed by atoms with E-state index in [1.54, 1.807) is 6.92 Å². The minimum Gasteiger partial charge on any atom is -0.491 e. The number of hydrogen-bond acceptors (Lipinski definition) is 3. The van der Waals surface area contributed by atoms with Crippen LogP contribution in [0.1, 0.15) is 27.6 Å². The number of carbonyl (C=O) groups is 2. The summed E-state index contributed by atoms with van der Waals surface area (Å²) in [5.41, 5.74) is -0.230. The molecule has 0 amide bonds. The molecule has 0 heterocycles. The molecule has 0 aromatic heterocycles. The van der Waals surface area contributed by atoms with Crippen molar-refractivity contribution in [1.82, 2.24) is 0 Å². The van der Waals surface area contributed by atoms with Crippen LogP contribution < -0.4 is 4.74 Å². The average Bonchev–Trinajstić information content (AvgIpc) is 2.21. The Morgan fingerprint density at radius 3 is 2.57 bits per heavy atom. The van der Waals surface area contributed by atoms with Gasteiger partial charge < -0.3 is 4.74 Å². The summed E-state index contributed by atoms with van der Waals surface area (Å²) in [6.45, 7) is 2.00. The number of hydrogen-bond donors (Lipinski definition) is 0. The molecule has 1 aromatic rings. The fourth-order valence-electron chi connectivity index (χ4n) is 1.08. The highest BCUT2D eigenvalue weighted by atomic mass is 19.1. The molecule has 0 spiro atoms. The van der Waals surface area contributed by atoms with E-state index in [2.05, 4.69) is 0 Å². The Balaban J connectivity index is 3.26. The molecule has 0 saturated heterocycles.